The van der Waals surface area contributed by atoms with Crippen molar-refractivity contribution in [2.75, 3.05) is 11.9 Å². The van der Waals surface area contributed by atoms with E-state index in [2.05, 4.69) is 41.5 Å². The van der Waals surface area contributed by atoms with E-state index >= 15 is 0 Å². The first-order valence-corrected chi connectivity index (χ1v) is 9.99. The molecule has 2 aromatic rings. The third kappa shape index (κ3) is 4.60. The molecule has 0 unspecified atom stereocenters. The predicted molar refractivity (Wildman–Crippen MR) is 105 cm³/mol. The van der Waals surface area contributed by atoms with E-state index in [9.17, 15) is 14.4 Å². The fourth-order valence-electron chi connectivity index (χ4n) is 3.10. The van der Waals surface area contributed by atoms with Gasteiger partial charge in [0, 0.05) is 36.2 Å². The van der Waals surface area contributed by atoms with Crippen molar-refractivity contribution in [3.05, 3.63) is 34.7 Å². The normalized spacial score (nSPS) is 14.1. The fraction of sp³-hybridized carbons (Fsp3) is 0.400. The first kappa shape index (κ1) is 19.2. The third-order valence-corrected chi connectivity index (χ3v) is 5.41. The molecule has 0 aliphatic carbocycles. The fourth-order valence-corrected chi connectivity index (χ4v) is 3.96. The molecule has 142 valence electrons. The van der Waals surface area contributed by atoms with Gasteiger partial charge in [-0.2, -0.15) is 0 Å². The Morgan fingerprint density at radius 2 is 1.85 bits per heavy atom. The lowest BCUT2D eigenvalue weighted by atomic mass is 10.1. The minimum Gasteiger partial charge on any atom is -0.302 e. The van der Waals surface area contributed by atoms with Gasteiger partial charge in [0.1, 0.15) is 0 Å². The number of likely N-dealkylation sites (tertiary alicyclic amines) is 1. The number of carbonyl (C=O) groups is 3. The minimum absolute atomic E-state index is 0.0805. The molecular weight excluding hydrogens is 362 g/mol. The number of hydrogen-bond acceptors (Lipinski definition) is 5. The number of imide groups is 1. The maximum Gasteiger partial charge on any atom is 0.229 e. The Morgan fingerprint density at radius 3 is 2.48 bits per heavy atom. The van der Waals surface area contributed by atoms with Gasteiger partial charge in [-0.1, -0.05) is 37.6 Å². The van der Waals surface area contributed by atoms with Gasteiger partial charge in [0.05, 0.1) is 5.69 Å². The Labute approximate surface area is 162 Å². The number of anilines is 1. The Morgan fingerprint density at radius 1 is 1.19 bits per heavy atom. The number of hydrogen-bond donors (Lipinski definition) is 1. The third-order valence-electron chi connectivity index (χ3n) is 4.53. The number of nitrogens with zero attached hydrogens (tertiary/aromatic N) is 2. The van der Waals surface area contributed by atoms with Gasteiger partial charge in [0.15, 0.2) is 5.13 Å². The lowest BCUT2D eigenvalue weighted by Gasteiger charge is -2.12. The molecule has 7 heteroatoms. The number of aryl methyl sites for hydroxylation is 2. The van der Waals surface area contributed by atoms with Gasteiger partial charge in [0.25, 0.3) is 0 Å². The van der Waals surface area contributed by atoms with Gasteiger partial charge in [-0.3, -0.25) is 19.3 Å². The van der Waals surface area contributed by atoms with E-state index in [0.29, 0.717) is 5.13 Å². The van der Waals surface area contributed by atoms with Crippen molar-refractivity contribution in [3.63, 3.8) is 0 Å². The molecule has 1 N–H and O–H groups in total. The smallest absolute Gasteiger partial charge is 0.229 e. The number of carbonyl (C=O) groups excluding carboxylic acids is 3. The summed E-state index contributed by atoms with van der Waals surface area (Å²) < 4.78 is 0. The van der Waals surface area contributed by atoms with Gasteiger partial charge in [-0.15, -0.1) is 11.3 Å². The molecule has 1 aliphatic heterocycles. The van der Waals surface area contributed by atoms with Gasteiger partial charge < -0.3 is 5.32 Å². The number of aromatic nitrogens is 1. The summed E-state index contributed by atoms with van der Waals surface area (Å²) in [6, 6.07) is 8.34. The highest BCUT2D eigenvalue weighted by Gasteiger charge is 2.28. The monoisotopic (exact) mass is 385 g/mol. The summed E-state index contributed by atoms with van der Waals surface area (Å²) in [5.41, 5.74) is 3.19. The van der Waals surface area contributed by atoms with Crippen molar-refractivity contribution >= 4 is 34.2 Å². The van der Waals surface area contributed by atoms with Crippen molar-refractivity contribution < 1.29 is 14.4 Å². The highest BCUT2D eigenvalue weighted by atomic mass is 32.1. The molecule has 1 aromatic carbocycles. The maximum absolute atomic E-state index is 12.2. The maximum atomic E-state index is 12.2. The average molecular weight is 385 g/mol. The summed E-state index contributed by atoms with van der Waals surface area (Å²) in [4.78, 5) is 42.1. The first-order valence-electron chi connectivity index (χ1n) is 9.17. The molecule has 27 heavy (non-hydrogen) atoms. The van der Waals surface area contributed by atoms with Crippen LogP contribution in [0.1, 0.15) is 43.0 Å². The topological polar surface area (TPSA) is 79.4 Å². The second-order valence-corrected chi connectivity index (χ2v) is 7.81. The van der Waals surface area contributed by atoms with E-state index < -0.39 is 0 Å². The molecule has 2 heterocycles. The van der Waals surface area contributed by atoms with Crippen molar-refractivity contribution in [1.29, 1.82) is 0 Å². The zero-order chi connectivity index (χ0) is 19.4. The molecule has 0 atom stereocenters. The van der Waals surface area contributed by atoms with E-state index in [1.54, 1.807) is 0 Å². The van der Waals surface area contributed by atoms with Crippen LogP contribution < -0.4 is 5.32 Å². The zero-order valence-corrected chi connectivity index (χ0v) is 16.4. The molecule has 3 rings (SSSR count). The number of amides is 3. The summed E-state index contributed by atoms with van der Waals surface area (Å²) in [7, 11) is 0. The SMILES string of the molecule is CCCc1ccc(-c2nc(NC(=O)CCN3C(=O)CCC3=O)sc2C)cc1. The molecule has 0 spiro atoms. The second-order valence-electron chi connectivity index (χ2n) is 6.61. The molecule has 1 aliphatic rings. The van der Waals surface area contributed by atoms with Crippen LogP contribution >= 0.6 is 11.3 Å². The van der Waals surface area contributed by atoms with Crippen LogP contribution in [0.4, 0.5) is 5.13 Å². The van der Waals surface area contributed by atoms with E-state index in [0.717, 1.165) is 33.9 Å². The zero-order valence-electron chi connectivity index (χ0n) is 15.6. The van der Waals surface area contributed by atoms with E-state index in [1.165, 1.54) is 16.9 Å². The van der Waals surface area contributed by atoms with Crippen LogP contribution in [0.25, 0.3) is 11.3 Å². The van der Waals surface area contributed by atoms with E-state index in [-0.39, 0.29) is 43.5 Å². The Balaban J connectivity index is 1.61. The van der Waals surface area contributed by atoms with Crippen LogP contribution in [0.5, 0.6) is 0 Å². The molecule has 6 nitrogen and oxygen atoms in total. The van der Waals surface area contributed by atoms with Gasteiger partial charge in [-0.25, -0.2) is 4.98 Å². The van der Waals surface area contributed by atoms with Crippen molar-refractivity contribution in [1.82, 2.24) is 9.88 Å². The van der Waals surface area contributed by atoms with Gasteiger partial charge in [0.2, 0.25) is 17.7 Å². The quantitative estimate of drug-likeness (QED) is 0.739. The highest BCUT2D eigenvalue weighted by Crippen LogP contribution is 2.30. The number of rotatable bonds is 7. The van der Waals surface area contributed by atoms with Crippen LogP contribution in [0, 0.1) is 6.92 Å². The summed E-state index contributed by atoms with van der Waals surface area (Å²) in [5.74, 6) is -0.653. The minimum atomic E-state index is -0.249. The van der Waals surface area contributed by atoms with Crippen molar-refractivity contribution in [2.24, 2.45) is 0 Å². The van der Waals surface area contributed by atoms with E-state index in [1.807, 2.05) is 6.92 Å². The number of benzene rings is 1. The van der Waals surface area contributed by atoms with Crippen LogP contribution in [-0.4, -0.2) is 34.2 Å². The standard InChI is InChI=1S/C20H23N3O3S/c1-3-4-14-5-7-15(8-6-14)19-13(2)27-20(22-19)21-16(24)11-12-23-17(25)9-10-18(23)26/h5-8H,3-4,9-12H2,1-2H3,(H,21,22,24). The van der Waals surface area contributed by atoms with Crippen LogP contribution in [0.15, 0.2) is 24.3 Å². The molecule has 1 saturated heterocycles. The molecule has 0 radical (unpaired) electrons. The number of nitrogens with one attached hydrogen (secondary N) is 1. The van der Waals surface area contributed by atoms with E-state index in [4.69, 9.17) is 0 Å². The van der Waals surface area contributed by atoms with Crippen LogP contribution in [0.3, 0.4) is 0 Å². The number of thiazole rings is 1. The van der Waals surface area contributed by atoms with Crippen molar-refractivity contribution in [3.8, 4) is 11.3 Å². The van der Waals surface area contributed by atoms with Crippen LogP contribution in [0.2, 0.25) is 0 Å². The Hall–Kier alpha value is -2.54. The summed E-state index contributed by atoms with van der Waals surface area (Å²) >= 11 is 1.42. The van der Waals surface area contributed by atoms with Gasteiger partial charge >= 0.3 is 0 Å². The average Bonchev–Trinajstić information content (AvgIpc) is 3.16. The van der Waals surface area contributed by atoms with Crippen molar-refractivity contribution in [2.45, 2.75) is 46.0 Å². The largest absolute Gasteiger partial charge is 0.302 e. The highest BCUT2D eigenvalue weighted by molar-refractivity contribution is 7.16. The summed E-state index contributed by atoms with van der Waals surface area (Å²) in [5, 5.41) is 3.31. The van der Waals surface area contributed by atoms with Gasteiger partial charge in [-0.05, 0) is 18.9 Å². The first-order chi connectivity index (χ1) is 13.0. The molecule has 1 fully saturated rings. The predicted octanol–water partition coefficient (Wildman–Crippen LogP) is 3.55. The molecule has 0 bridgehead atoms. The lowest BCUT2D eigenvalue weighted by molar-refractivity contribution is -0.138. The Kier molecular flexibility index (Phi) is 6.01. The summed E-state index contributed by atoms with van der Waals surface area (Å²) in [6.45, 7) is 4.26. The Bertz CT molecular complexity index is 842. The summed E-state index contributed by atoms with van der Waals surface area (Å²) in [6.07, 6.45) is 2.73. The lowest BCUT2D eigenvalue weighted by Crippen LogP contribution is -2.32. The molecule has 1 aromatic heterocycles. The molecule has 0 saturated carbocycles. The molecule has 3 amide bonds. The molecular formula is C20H23N3O3S. The second kappa shape index (κ2) is 8.43. The van der Waals surface area contributed by atoms with Crippen LogP contribution in [-0.2, 0) is 20.8 Å².